The van der Waals surface area contributed by atoms with Crippen molar-refractivity contribution >= 4 is 21.6 Å². The van der Waals surface area contributed by atoms with Crippen LogP contribution in [0.3, 0.4) is 0 Å². The van der Waals surface area contributed by atoms with E-state index in [1.807, 2.05) is 42.5 Å². The molecule has 3 nitrogen and oxygen atoms in total. The van der Waals surface area contributed by atoms with Gasteiger partial charge in [0.2, 0.25) is 0 Å². The van der Waals surface area contributed by atoms with E-state index in [2.05, 4.69) is 26.5 Å². The zero-order chi connectivity index (χ0) is 13.2. The molecule has 19 heavy (non-hydrogen) atoms. The molecule has 0 amide bonds. The highest BCUT2D eigenvalue weighted by molar-refractivity contribution is 9.10. The molecule has 0 fully saturated rings. The maximum absolute atomic E-state index is 9.87. The highest BCUT2D eigenvalue weighted by Crippen LogP contribution is 2.30. The lowest BCUT2D eigenvalue weighted by molar-refractivity contribution is 0.455. The van der Waals surface area contributed by atoms with Gasteiger partial charge in [-0.25, -0.2) is 0 Å². The molecule has 0 bridgehead atoms. The van der Waals surface area contributed by atoms with E-state index in [1.165, 1.54) is 0 Å². The quantitative estimate of drug-likeness (QED) is 0.889. The summed E-state index contributed by atoms with van der Waals surface area (Å²) in [5.74, 6) is 0.312. The Balaban J connectivity index is 1.80. The first-order valence-corrected chi connectivity index (χ1v) is 6.89. The number of nitrogens with zero attached hydrogens (tertiary/aromatic N) is 1. The number of hydrogen-bond donors (Lipinski definition) is 2. The molecule has 96 valence electrons. The van der Waals surface area contributed by atoms with E-state index in [4.69, 9.17) is 0 Å². The monoisotopic (exact) mass is 316 g/mol. The molecule has 4 heteroatoms. The minimum Gasteiger partial charge on any atom is -0.508 e. The predicted molar refractivity (Wildman–Crippen MR) is 79.3 cm³/mol. The Morgan fingerprint density at radius 2 is 1.84 bits per heavy atom. The lowest BCUT2D eigenvalue weighted by atomic mass is 9.98. The Morgan fingerprint density at radius 1 is 1.11 bits per heavy atom. The fraction of sp³-hybridized carbons (Fsp3) is 0.133. The number of phenols is 1. The van der Waals surface area contributed by atoms with Crippen LogP contribution in [0.25, 0.3) is 0 Å². The first-order chi connectivity index (χ1) is 9.24. The molecule has 0 aromatic heterocycles. The van der Waals surface area contributed by atoms with Gasteiger partial charge in [0.1, 0.15) is 5.75 Å². The third-order valence-electron chi connectivity index (χ3n) is 3.24. The minimum atomic E-state index is 0.0415. The van der Waals surface area contributed by atoms with E-state index in [0.717, 1.165) is 27.7 Å². The summed E-state index contributed by atoms with van der Waals surface area (Å²) in [7, 11) is 0. The second-order valence-electron chi connectivity index (χ2n) is 4.51. The summed E-state index contributed by atoms with van der Waals surface area (Å²) in [6.45, 7) is 0. The molecular formula is C15H13BrN2O. The zero-order valence-corrected chi connectivity index (χ0v) is 11.8. The Bertz CT molecular complexity index is 622. The molecule has 2 N–H and O–H groups in total. The smallest absolute Gasteiger partial charge is 0.120 e. The molecule has 2 aromatic carbocycles. The summed E-state index contributed by atoms with van der Waals surface area (Å²) in [4.78, 5) is 0. The van der Waals surface area contributed by atoms with Gasteiger partial charge in [-0.3, -0.25) is 0 Å². The van der Waals surface area contributed by atoms with Crippen LogP contribution in [0.2, 0.25) is 0 Å². The standard InChI is InChI=1S/C15H13BrN2O/c16-11-7-5-10(6-8-11)13-9-14(18-17-13)12-3-1-2-4-15(12)19/h1-8,14,18-19H,9H2/t14-/m0/s1. The Morgan fingerprint density at radius 3 is 2.58 bits per heavy atom. The fourth-order valence-electron chi connectivity index (χ4n) is 2.23. The van der Waals surface area contributed by atoms with Crippen molar-refractivity contribution in [1.82, 2.24) is 5.43 Å². The number of nitrogens with one attached hydrogen (secondary N) is 1. The van der Waals surface area contributed by atoms with Crippen molar-refractivity contribution in [2.45, 2.75) is 12.5 Å². The number of hydrazone groups is 1. The van der Waals surface area contributed by atoms with Crippen molar-refractivity contribution in [3.8, 4) is 5.75 Å². The number of phenolic OH excluding ortho intramolecular Hbond substituents is 1. The minimum absolute atomic E-state index is 0.0415. The van der Waals surface area contributed by atoms with Crippen LogP contribution >= 0.6 is 15.9 Å². The van der Waals surface area contributed by atoms with Gasteiger partial charge in [0.05, 0.1) is 11.8 Å². The van der Waals surface area contributed by atoms with Crippen LogP contribution in [-0.4, -0.2) is 10.8 Å². The second-order valence-corrected chi connectivity index (χ2v) is 5.43. The number of aromatic hydroxyl groups is 1. The normalized spacial score (nSPS) is 17.9. The maximum atomic E-state index is 9.87. The van der Waals surface area contributed by atoms with Gasteiger partial charge < -0.3 is 10.5 Å². The van der Waals surface area contributed by atoms with Crippen LogP contribution in [0.5, 0.6) is 5.75 Å². The van der Waals surface area contributed by atoms with Crippen LogP contribution in [0.4, 0.5) is 0 Å². The lowest BCUT2D eigenvalue weighted by Crippen LogP contribution is -2.09. The number of rotatable bonds is 2. The molecule has 0 unspecified atom stereocenters. The predicted octanol–water partition coefficient (Wildman–Crippen LogP) is 3.59. The summed E-state index contributed by atoms with van der Waals surface area (Å²) in [6.07, 6.45) is 0.777. The highest BCUT2D eigenvalue weighted by atomic mass is 79.9. The molecular weight excluding hydrogens is 304 g/mol. The van der Waals surface area contributed by atoms with Crippen LogP contribution in [-0.2, 0) is 0 Å². The molecule has 1 aliphatic heterocycles. The van der Waals surface area contributed by atoms with Crippen LogP contribution < -0.4 is 5.43 Å². The molecule has 2 aromatic rings. The lowest BCUT2D eigenvalue weighted by Gasteiger charge is -2.11. The SMILES string of the molecule is Oc1ccccc1[C@@H]1CC(c2ccc(Br)cc2)=NN1. The highest BCUT2D eigenvalue weighted by Gasteiger charge is 2.23. The number of para-hydroxylation sites is 1. The third kappa shape index (κ3) is 2.49. The van der Waals surface area contributed by atoms with Crippen molar-refractivity contribution in [2.75, 3.05) is 0 Å². The average Bonchev–Trinajstić information content (AvgIpc) is 2.89. The van der Waals surface area contributed by atoms with Gasteiger partial charge in [-0.15, -0.1) is 0 Å². The van der Waals surface area contributed by atoms with E-state index in [9.17, 15) is 5.11 Å². The van der Waals surface area contributed by atoms with Gasteiger partial charge in [-0.2, -0.15) is 5.10 Å². The van der Waals surface area contributed by atoms with E-state index in [1.54, 1.807) is 6.07 Å². The van der Waals surface area contributed by atoms with Crippen molar-refractivity contribution < 1.29 is 5.11 Å². The van der Waals surface area contributed by atoms with Crippen molar-refractivity contribution in [3.05, 3.63) is 64.1 Å². The first kappa shape index (κ1) is 12.2. The van der Waals surface area contributed by atoms with Crippen LogP contribution in [0, 0.1) is 0 Å². The summed E-state index contributed by atoms with van der Waals surface area (Å²) < 4.78 is 1.06. The largest absolute Gasteiger partial charge is 0.508 e. The fourth-order valence-corrected chi connectivity index (χ4v) is 2.49. The number of benzene rings is 2. The van der Waals surface area contributed by atoms with Gasteiger partial charge in [0.15, 0.2) is 0 Å². The molecule has 0 aliphatic carbocycles. The molecule has 3 rings (SSSR count). The summed E-state index contributed by atoms with van der Waals surface area (Å²) in [6, 6.07) is 15.5. The van der Waals surface area contributed by atoms with E-state index >= 15 is 0 Å². The first-order valence-electron chi connectivity index (χ1n) is 6.10. The van der Waals surface area contributed by atoms with Crippen LogP contribution in [0.15, 0.2) is 58.1 Å². The molecule has 1 aliphatic rings. The summed E-state index contributed by atoms with van der Waals surface area (Å²) in [5.41, 5.74) is 6.10. The van der Waals surface area contributed by atoms with Gasteiger partial charge in [0.25, 0.3) is 0 Å². The zero-order valence-electron chi connectivity index (χ0n) is 10.2. The maximum Gasteiger partial charge on any atom is 0.120 e. The third-order valence-corrected chi connectivity index (χ3v) is 3.77. The molecule has 0 saturated heterocycles. The van der Waals surface area contributed by atoms with Crippen LogP contribution in [0.1, 0.15) is 23.6 Å². The topological polar surface area (TPSA) is 44.6 Å². The Kier molecular flexibility index (Phi) is 3.25. The average molecular weight is 317 g/mol. The molecule has 0 saturated carbocycles. The molecule has 1 atom stereocenters. The van der Waals surface area contributed by atoms with E-state index < -0.39 is 0 Å². The molecule has 0 radical (unpaired) electrons. The molecule has 0 spiro atoms. The van der Waals surface area contributed by atoms with Gasteiger partial charge >= 0.3 is 0 Å². The molecule has 1 heterocycles. The Labute approximate surface area is 120 Å². The van der Waals surface area contributed by atoms with E-state index in [0.29, 0.717) is 5.75 Å². The van der Waals surface area contributed by atoms with Gasteiger partial charge in [0, 0.05) is 16.5 Å². The number of halogens is 1. The van der Waals surface area contributed by atoms with Gasteiger partial charge in [-0.1, -0.05) is 46.3 Å². The Hall–Kier alpha value is -1.81. The van der Waals surface area contributed by atoms with E-state index in [-0.39, 0.29) is 6.04 Å². The number of hydrogen-bond acceptors (Lipinski definition) is 3. The van der Waals surface area contributed by atoms with Crippen molar-refractivity contribution in [2.24, 2.45) is 5.10 Å². The van der Waals surface area contributed by atoms with Crippen molar-refractivity contribution in [1.29, 1.82) is 0 Å². The summed E-state index contributed by atoms with van der Waals surface area (Å²) in [5, 5.41) is 14.2. The van der Waals surface area contributed by atoms with Gasteiger partial charge in [-0.05, 0) is 23.8 Å². The second kappa shape index (κ2) is 5.05. The van der Waals surface area contributed by atoms with Crippen molar-refractivity contribution in [3.63, 3.8) is 0 Å². The summed E-state index contributed by atoms with van der Waals surface area (Å²) >= 11 is 3.42.